The molecule has 3 amide bonds. The van der Waals surface area contributed by atoms with E-state index in [0.29, 0.717) is 5.56 Å². The predicted octanol–water partition coefficient (Wildman–Crippen LogP) is 3.16. The summed E-state index contributed by atoms with van der Waals surface area (Å²) in [6, 6.07) is 6.03. The van der Waals surface area contributed by atoms with Gasteiger partial charge in [-0.15, -0.1) is 0 Å². The van der Waals surface area contributed by atoms with Gasteiger partial charge in [0.1, 0.15) is 12.1 Å². The van der Waals surface area contributed by atoms with Crippen molar-refractivity contribution in [3.05, 3.63) is 35.4 Å². The van der Waals surface area contributed by atoms with Gasteiger partial charge in [0.05, 0.1) is 0 Å². The smallest absolute Gasteiger partial charge is 0.251 e. The van der Waals surface area contributed by atoms with Crippen LogP contribution in [0, 0.1) is 5.92 Å². The highest BCUT2D eigenvalue weighted by Gasteiger charge is 2.27. The Hall–Kier alpha value is -2.37. The van der Waals surface area contributed by atoms with Crippen molar-refractivity contribution in [2.75, 3.05) is 0 Å². The highest BCUT2D eigenvalue weighted by Crippen LogP contribution is 2.22. The summed E-state index contributed by atoms with van der Waals surface area (Å²) in [5.74, 6) is -1.04. The van der Waals surface area contributed by atoms with Gasteiger partial charge in [-0.2, -0.15) is 0 Å². The lowest BCUT2D eigenvalue weighted by Crippen LogP contribution is -2.55. The van der Waals surface area contributed by atoms with Gasteiger partial charge < -0.3 is 16.0 Å². The Morgan fingerprint density at radius 1 is 0.862 bits per heavy atom. The van der Waals surface area contributed by atoms with Gasteiger partial charge in [-0.05, 0) is 49.3 Å². The van der Waals surface area contributed by atoms with Crippen LogP contribution in [0.1, 0.15) is 77.7 Å². The second-order valence-corrected chi connectivity index (χ2v) is 9.07. The van der Waals surface area contributed by atoms with Gasteiger partial charge in [0.2, 0.25) is 11.8 Å². The fourth-order valence-electron chi connectivity index (χ4n) is 2.72. The van der Waals surface area contributed by atoms with Crippen molar-refractivity contribution in [1.29, 1.82) is 0 Å². The van der Waals surface area contributed by atoms with Crippen molar-refractivity contribution in [1.82, 2.24) is 16.0 Å². The number of benzene rings is 1. The molecule has 0 heterocycles. The molecule has 3 unspecified atom stereocenters. The zero-order valence-corrected chi connectivity index (χ0v) is 19.1. The number of rotatable bonds is 8. The number of carbonyl (C=O) groups is 3. The summed E-state index contributed by atoms with van der Waals surface area (Å²) in [6.07, 6.45) is 0.811. The molecular formula is C23H37N3O3. The normalized spacial score (nSPS) is 14.7. The minimum Gasteiger partial charge on any atom is -0.352 e. The van der Waals surface area contributed by atoms with Crippen LogP contribution in [0.2, 0.25) is 0 Å². The molecule has 0 aliphatic carbocycles. The molecule has 3 atom stereocenters. The van der Waals surface area contributed by atoms with Crippen LogP contribution in [-0.2, 0) is 15.0 Å². The zero-order chi connectivity index (χ0) is 22.4. The number of nitrogens with one attached hydrogen (secondary N) is 3. The third-order valence-corrected chi connectivity index (χ3v) is 5.00. The Morgan fingerprint density at radius 2 is 1.41 bits per heavy atom. The third kappa shape index (κ3) is 7.52. The summed E-state index contributed by atoms with van der Waals surface area (Å²) in [7, 11) is 0. The number of amides is 3. The van der Waals surface area contributed by atoms with Crippen LogP contribution in [0.15, 0.2) is 24.3 Å². The molecule has 0 saturated heterocycles. The Balaban J connectivity index is 2.80. The van der Waals surface area contributed by atoms with E-state index in [4.69, 9.17) is 0 Å². The zero-order valence-electron chi connectivity index (χ0n) is 19.1. The van der Waals surface area contributed by atoms with Gasteiger partial charge in [0, 0.05) is 11.6 Å². The standard InChI is InChI=1S/C23H37N3O3/c1-9-15(4)24-20(27)16(5)25-22(29)19(14(2)3)26-21(28)17-10-12-18(13-11-17)23(6,7)8/h10-16,19H,9H2,1-8H3,(H,24,27)(H,25,29)(H,26,28). The number of hydrogen-bond acceptors (Lipinski definition) is 3. The summed E-state index contributed by atoms with van der Waals surface area (Å²) >= 11 is 0. The molecular weight excluding hydrogens is 366 g/mol. The third-order valence-electron chi connectivity index (χ3n) is 5.00. The highest BCUT2D eigenvalue weighted by molar-refractivity contribution is 5.98. The predicted molar refractivity (Wildman–Crippen MR) is 117 cm³/mol. The summed E-state index contributed by atoms with van der Waals surface area (Å²) < 4.78 is 0. The second-order valence-electron chi connectivity index (χ2n) is 9.07. The van der Waals surface area contributed by atoms with E-state index in [2.05, 4.69) is 36.7 Å². The molecule has 1 aromatic carbocycles. The Labute approximate surface area is 175 Å². The van der Waals surface area contributed by atoms with Gasteiger partial charge in [-0.3, -0.25) is 14.4 Å². The Morgan fingerprint density at radius 3 is 1.86 bits per heavy atom. The van der Waals surface area contributed by atoms with Crippen LogP contribution in [0.5, 0.6) is 0 Å². The van der Waals surface area contributed by atoms with Gasteiger partial charge in [-0.25, -0.2) is 0 Å². The lowest BCUT2D eigenvalue weighted by Gasteiger charge is -2.24. The van der Waals surface area contributed by atoms with E-state index in [0.717, 1.165) is 12.0 Å². The van der Waals surface area contributed by atoms with Gasteiger partial charge in [-0.1, -0.05) is 53.7 Å². The average Bonchev–Trinajstić information content (AvgIpc) is 2.64. The quantitative estimate of drug-likeness (QED) is 0.623. The lowest BCUT2D eigenvalue weighted by molar-refractivity contribution is -0.130. The first kappa shape index (κ1) is 24.7. The number of hydrogen-bond donors (Lipinski definition) is 3. The molecule has 1 aromatic rings. The van der Waals surface area contributed by atoms with Crippen molar-refractivity contribution in [2.24, 2.45) is 5.92 Å². The van der Waals surface area contributed by atoms with Gasteiger partial charge in [0.25, 0.3) is 5.91 Å². The summed E-state index contributed by atoms with van der Waals surface area (Å²) in [4.78, 5) is 37.5. The van der Waals surface area contributed by atoms with Crippen molar-refractivity contribution >= 4 is 17.7 Å². The molecule has 0 spiro atoms. The van der Waals surface area contributed by atoms with Crippen LogP contribution in [0.3, 0.4) is 0 Å². The Bertz CT molecular complexity index is 705. The minimum absolute atomic E-state index is 0.00133. The maximum absolute atomic E-state index is 12.7. The first-order valence-corrected chi connectivity index (χ1v) is 10.4. The maximum Gasteiger partial charge on any atom is 0.251 e. The minimum atomic E-state index is -0.733. The van der Waals surface area contributed by atoms with E-state index in [1.807, 2.05) is 39.8 Å². The monoisotopic (exact) mass is 403 g/mol. The molecule has 0 radical (unpaired) electrons. The first-order chi connectivity index (χ1) is 13.4. The summed E-state index contributed by atoms with van der Waals surface area (Å²) in [5, 5.41) is 8.36. The molecule has 29 heavy (non-hydrogen) atoms. The van der Waals surface area contributed by atoms with Crippen LogP contribution in [-0.4, -0.2) is 35.8 Å². The fraction of sp³-hybridized carbons (Fsp3) is 0.609. The van der Waals surface area contributed by atoms with Crippen LogP contribution in [0.25, 0.3) is 0 Å². The molecule has 0 saturated carbocycles. The SMILES string of the molecule is CCC(C)NC(=O)C(C)NC(=O)C(NC(=O)c1ccc(C(C)(C)C)cc1)C(C)C. The largest absolute Gasteiger partial charge is 0.352 e. The van der Waals surface area contributed by atoms with E-state index >= 15 is 0 Å². The number of carbonyl (C=O) groups excluding carboxylic acids is 3. The van der Waals surface area contributed by atoms with E-state index < -0.39 is 12.1 Å². The van der Waals surface area contributed by atoms with Crippen molar-refractivity contribution < 1.29 is 14.4 Å². The molecule has 3 N–H and O–H groups in total. The van der Waals surface area contributed by atoms with Crippen LogP contribution >= 0.6 is 0 Å². The van der Waals surface area contributed by atoms with E-state index in [1.165, 1.54) is 0 Å². The molecule has 6 heteroatoms. The fourth-order valence-corrected chi connectivity index (χ4v) is 2.72. The van der Waals surface area contributed by atoms with Crippen LogP contribution < -0.4 is 16.0 Å². The van der Waals surface area contributed by atoms with E-state index in [1.54, 1.807) is 19.1 Å². The maximum atomic E-state index is 12.7. The molecule has 0 fully saturated rings. The van der Waals surface area contributed by atoms with Gasteiger partial charge in [0.15, 0.2) is 0 Å². The van der Waals surface area contributed by atoms with Crippen molar-refractivity contribution in [3.63, 3.8) is 0 Å². The molecule has 0 aliphatic rings. The van der Waals surface area contributed by atoms with Crippen molar-refractivity contribution in [3.8, 4) is 0 Å². The summed E-state index contributed by atoms with van der Waals surface area (Å²) in [5.41, 5.74) is 1.63. The topological polar surface area (TPSA) is 87.3 Å². The highest BCUT2D eigenvalue weighted by atomic mass is 16.2. The lowest BCUT2D eigenvalue weighted by atomic mass is 9.86. The summed E-state index contributed by atoms with van der Waals surface area (Å²) in [6.45, 7) is 15.6. The Kier molecular flexibility index (Phi) is 8.86. The molecule has 0 bridgehead atoms. The van der Waals surface area contributed by atoms with E-state index in [-0.39, 0.29) is 35.1 Å². The van der Waals surface area contributed by atoms with E-state index in [9.17, 15) is 14.4 Å². The molecule has 0 aromatic heterocycles. The van der Waals surface area contributed by atoms with Crippen molar-refractivity contribution in [2.45, 2.75) is 85.4 Å². The second kappa shape index (κ2) is 10.4. The van der Waals surface area contributed by atoms with Gasteiger partial charge >= 0.3 is 0 Å². The molecule has 1 rings (SSSR count). The molecule has 162 valence electrons. The molecule has 6 nitrogen and oxygen atoms in total. The first-order valence-electron chi connectivity index (χ1n) is 10.4. The average molecular weight is 404 g/mol. The van der Waals surface area contributed by atoms with Crippen LogP contribution in [0.4, 0.5) is 0 Å². The molecule has 0 aliphatic heterocycles.